The van der Waals surface area contributed by atoms with Gasteiger partial charge >= 0.3 is 6.08 Å². The summed E-state index contributed by atoms with van der Waals surface area (Å²) in [5, 5.41) is 4.70. The van der Waals surface area contributed by atoms with Gasteiger partial charge in [-0.05, 0) is 47.8 Å². The number of hydrogen-bond acceptors (Lipinski definition) is 5. The summed E-state index contributed by atoms with van der Waals surface area (Å²) in [6.07, 6.45) is 0.187. The number of nitrogens with one attached hydrogen (secondary N) is 1. The first-order valence-electron chi connectivity index (χ1n) is 7.26. The first-order valence-corrected chi connectivity index (χ1v) is 8.14. The number of anilines is 1. The number of thiophene rings is 1. The highest BCUT2D eigenvalue weighted by molar-refractivity contribution is 7.12. The van der Waals surface area contributed by atoms with Gasteiger partial charge in [0.25, 0.3) is 5.91 Å². The Morgan fingerprint density at radius 2 is 1.88 bits per heavy atom. The van der Waals surface area contributed by atoms with Crippen LogP contribution < -0.4 is 10.1 Å². The van der Waals surface area contributed by atoms with Crippen molar-refractivity contribution >= 4 is 34.0 Å². The fraction of sp³-hybridized carbons (Fsp3) is 0. The van der Waals surface area contributed by atoms with Crippen LogP contribution in [0.4, 0.5) is 5.69 Å². The van der Waals surface area contributed by atoms with Crippen LogP contribution in [0.15, 0.2) is 70.5 Å². The van der Waals surface area contributed by atoms with Gasteiger partial charge in [0.2, 0.25) is 0 Å². The topological polar surface area (TPSA) is 64.4 Å². The van der Waals surface area contributed by atoms with Crippen molar-refractivity contribution in [1.82, 2.24) is 4.98 Å². The average molecular weight is 336 g/mol. The van der Waals surface area contributed by atoms with Gasteiger partial charge in [0.15, 0.2) is 5.58 Å². The second kappa shape index (κ2) is 6.17. The van der Waals surface area contributed by atoms with E-state index in [1.807, 2.05) is 35.7 Å². The van der Waals surface area contributed by atoms with Gasteiger partial charge < -0.3 is 14.5 Å². The van der Waals surface area contributed by atoms with E-state index in [1.54, 1.807) is 30.3 Å². The predicted molar refractivity (Wildman–Crippen MR) is 92.8 cm³/mol. The minimum Gasteiger partial charge on any atom is -0.411 e. The third-order valence-electron chi connectivity index (χ3n) is 3.34. The van der Waals surface area contributed by atoms with E-state index in [0.717, 1.165) is 5.52 Å². The van der Waals surface area contributed by atoms with Gasteiger partial charge in [-0.3, -0.25) is 4.79 Å². The molecule has 0 aliphatic carbocycles. The Hall–Kier alpha value is -3.12. The lowest BCUT2D eigenvalue weighted by molar-refractivity contribution is 0.103. The van der Waals surface area contributed by atoms with E-state index >= 15 is 0 Å². The Morgan fingerprint density at radius 1 is 1.04 bits per heavy atom. The number of carbonyl (C=O) groups is 1. The van der Waals surface area contributed by atoms with E-state index < -0.39 is 0 Å². The number of benzene rings is 2. The number of carbonyl (C=O) groups excluding carboxylic acids is 1. The third-order valence-corrected chi connectivity index (χ3v) is 4.21. The Kier molecular flexibility index (Phi) is 3.72. The van der Waals surface area contributed by atoms with Crippen molar-refractivity contribution < 1.29 is 13.9 Å². The van der Waals surface area contributed by atoms with Crippen molar-refractivity contribution in [3.63, 3.8) is 0 Å². The highest BCUT2D eigenvalue weighted by Crippen LogP contribution is 2.26. The van der Waals surface area contributed by atoms with Crippen LogP contribution >= 0.6 is 11.3 Å². The molecule has 2 aromatic carbocycles. The number of rotatable bonds is 4. The minimum atomic E-state index is -0.127. The fourth-order valence-corrected chi connectivity index (χ4v) is 2.82. The number of amides is 1. The molecule has 4 aromatic rings. The van der Waals surface area contributed by atoms with E-state index in [2.05, 4.69) is 10.3 Å². The van der Waals surface area contributed by atoms with Gasteiger partial charge in [0.1, 0.15) is 11.3 Å². The first kappa shape index (κ1) is 14.5. The number of oxazole rings is 1. The zero-order chi connectivity index (χ0) is 16.4. The standard InChI is InChI=1S/C18H12N2O3S/c21-17(16-6-3-11-24-16)19-12-7-9-13(10-8-12)22-18-20-14-4-1-2-5-15(14)23-18/h1-11H,(H,19,21). The van der Waals surface area contributed by atoms with Gasteiger partial charge in [-0.25, -0.2) is 0 Å². The Morgan fingerprint density at radius 3 is 2.62 bits per heavy atom. The lowest BCUT2D eigenvalue weighted by atomic mass is 10.3. The van der Waals surface area contributed by atoms with Crippen LogP contribution in [0.25, 0.3) is 11.1 Å². The Bertz CT molecular complexity index is 942. The number of fused-ring (bicyclic) bond motifs is 1. The van der Waals surface area contributed by atoms with E-state index in [0.29, 0.717) is 21.9 Å². The molecule has 2 heterocycles. The van der Waals surface area contributed by atoms with Crippen molar-refractivity contribution in [2.24, 2.45) is 0 Å². The zero-order valence-corrected chi connectivity index (χ0v) is 13.2. The molecule has 0 radical (unpaired) electrons. The summed E-state index contributed by atoms with van der Waals surface area (Å²) in [7, 11) is 0. The van der Waals surface area contributed by atoms with E-state index in [9.17, 15) is 4.79 Å². The monoisotopic (exact) mass is 336 g/mol. The number of para-hydroxylation sites is 2. The number of aromatic nitrogens is 1. The molecule has 0 atom stereocenters. The second-order valence-electron chi connectivity index (χ2n) is 5.01. The molecule has 2 aromatic heterocycles. The lowest BCUT2D eigenvalue weighted by Crippen LogP contribution is -2.09. The van der Waals surface area contributed by atoms with Crippen LogP contribution in [0.1, 0.15) is 9.67 Å². The summed E-state index contributed by atoms with van der Waals surface area (Å²) in [6.45, 7) is 0. The average Bonchev–Trinajstić information content (AvgIpc) is 3.25. The molecule has 0 aliphatic heterocycles. The van der Waals surface area contributed by atoms with Crippen molar-refractivity contribution in [2.45, 2.75) is 0 Å². The van der Waals surface area contributed by atoms with E-state index in [1.165, 1.54) is 11.3 Å². The second-order valence-corrected chi connectivity index (χ2v) is 5.95. The molecule has 0 aliphatic rings. The van der Waals surface area contributed by atoms with Crippen LogP contribution in [0.5, 0.6) is 11.8 Å². The molecule has 1 N–H and O–H groups in total. The lowest BCUT2D eigenvalue weighted by Gasteiger charge is -2.05. The molecule has 0 spiro atoms. The molecule has 0 fully saturated rings. The molecule has 1 amide bonds. The SMILES string of the molecule is O=C(Nc1ccc(Oc2nc3ccccc3o2)cc1)c1cccs1. The molecule has 0 saturated carbocycles. The van der Waals surface area contributed by atoms with Crippen molar-refractivity contribution in [1.29, 1.82) is 0 Å². The van der Waals surface area contributed by atoms with Gasteiger partial charge in [-0.15, -0.1) is 11.3 Å². The summed E-state index contributed by atoms with van der Waals surface area (Å²) >= 11 is 1.40. The third kappa shape index (κ3) is 3.00. The number of hydrogen-bond donors (Lipinski definition) is 1. The van der Waals surface area contributed by atoms with Gasteiger partial charge in [-0.2, -0.15) is 4.98 Å². The first-order chi connectivity index (χ1) is 11.8. The van der Waals surface area contributed by atoms with E-state index in [-0.39, 0.29) is 12.0 Å². The summed E-state index contributed by atoms with van der Waals surface area (Å²) in [5.41, 5.74) is 2.11. The molecular weight excluding hydrogens is 324 g/mol. The molecule has 24 heavy (non-hydrogen) atoms. The molecule has 0 bridgehead atoms. The van der Waals surface area contributed by atoms with Crippen LogP contribution in [0.3, 0.4) is 0 Å². The van der Waals surface area contributed by atoms with Crippen LogP contribution in [0, 0.1) is 0 Å². The molecule has 118 valence electrons. The van der Waals surface area contributed by atoms with Crippen molar-refractivity contribution in [2.75, 3.05) is 5.32 Å². The van der Waals surface area contributed by atoms with Crippen LogP contribution in [-0.4, -0.2) is 10.9 Å². The Labute approximate surface area is 141 Å². The maximum Gasteiger partial charge on any atom is 0.400 e. The molecule has 6 heteroatoms. The highest BCUT2D eigenvalue weighted by Gasteiger charge is 2.09. The summed E-state index contributed by atoms with van der Waals surface area (Å²) in [6, 6.07) is 18.1. The molecule has 5 nitrogen and oxygen atoms in total. The highest BCUT2D eigenvalue weighted by atomic mass is 32.1. The summed E-state index contributed by atoms with van der Waals surface area (Å²) in [5.74, 6) is 0.452. The minimum absolute atomic E-state index is 0.127. The smallest absolute Gasteiger partial charge is 0.400 e. The van der Waals surface area contributed by atoms with Crippen LogP contribution in [-0.2, 0) is 0 Å². The normalized spacial score (nSPS) is 10.7. The molecule has 0 unspecified atom stereocenters. The van der Waals surface area contributed by atoms with Gasteiger partial charge in [0.05, 0.1) is 4.88 Å². The Balaban J connectivity index is 1.46. The van der Waals surface area contributed by atoms with Gasteiger partial charge in [0, 0.05) is 5.69 Å². The molecule has 4 rings (SSSR count). The van der Waals surface area contributed by atoms with Crippen molar-refractivity contribution in [3.8, 4) is 11.8 Å². The largest absolute Gasteiger partial charge is 0.411 e. The number of nitrogens with zero attached hydrogens (tertiary/aromatic N) is 1. The molecule has 0 saturated heterocycles. The maximum atomic E-state index is 12.0. The number of ether oxygens (including phenoxy) is 1. The maximum absolute atomic E-state index is 12.0. The molecular formula is C18H12N2O3S. The van der Waals surface area contributed by atoms with Crippen molar-refractivity contribution in [3.05, 3.63) is 70.9 Å². The van der Waals surface area contributed by atoms with Gasteiger partial charge in [-0.1, -0.05) is 18.2 Å². The van der Waals surface area contributed by atoms with E-state index in [4.69, 9.17) is 9.15 Å². The predicted octanol–water partition coefficient (Wildman–Crippen LogP) is 4.93. The zero-order valence-electron chi connectivity index (χ0n) is 12.4. The summed E-state index contributed by atoms with van der Waals surface area (Å²) < 4.78 is 11.1. The quantitative estimate of drug-likeness (QED) is 0.573. The fourth-order valence-electron chi connectivity index (χ4n) is 2.20. The van der Waals surface area contributed by atoms with Crippen LogP contribution in [0.2, 0.25) is 0 Å². The summed E-state index contributed by atoms with van der Waals surface area (Å²) in [4.78, 5) is 16.9.